The summed E-state index contributed by atoms with van der Waals surface area (Å²) >= 11 is 0. The highest BCUT2D eigenvalue weighted by Crippen LogP contribution is 2.41. The Labute approximate surface area is 151 Å². The van der Waals surface area contributed by atoms with Crippen molar-refractivity contribution in [3.63, 3.8) is 0 Å². The van der Waals surface area contributed by atoms with Gasteiger partial charge in [0.15, 0.2) is 14.4 Å². The van der Waals surface area contributed by atoms with Gasteiger partial charge in [0.05, 0.1) is 7.11 Å². The smallest absolute Gasteiger partial charge is 0.278 e. The summed E-state index contributed by atoms with van der Waals surface area (Å²) in [6.45, 7) is 10.8. The molecule has 0 heterocycles. The Hall–Kier alpha value is -1.69. The molecule has 0 bridgehead atoms. The molecule has 0 saturated carbocycles. The number of hydrogen-bond donors (Lipinski definition) is 0. The van der Waals surface area contributed by atoms with Crippen LogP contribution in [0.3, 0.4) is 0 Å². The number of hydrogen-bond acceptors (Lipinski definition) is 3. The number of hydroxylamine groups is 2. The van der Waals surface area contributed by atoms with Crippen molar-refractivity contribution in [1.29, 1.82) is 0 Å². The van der Waals surface area contributed by atoms with Gasteiger partial charge in [-0.1, -0.05) is 63.2 Å². The van der Waals surface area contributed by atoms with Gasteiger partial charge in [0.2, 0.25) is 0 Å². The first-order valence-corrected chi connectivity index (χ1v) is 11.5. The number of likely N-dealkylation sites (N-methyl/N-ethyl adjacent to an activating group) is 1. The van der Waals surface area contributed by atoms with Crippen LogP contribution in [0, 0.1) is 0 Å². The molecule has 25 heavy (non-hydrogen) atoms. The fourth-order valence-electron chi connectivity index (χ4n) is 2.45. The average Bonchev–Trinajstić information content (AvgIpc) is 2.57. The molecule has 0 N–H and O–H groups in total. The maximum absolute atomic E-state index is 13.0. The monoisotopic (exact) mass is 359 g/mol. The van der Waals surface area contributed by atoms with Gasteiger partial charge in [0, 0.05) is 7.05 Å². The number of carbonyl (C=O) groups excluding carboxylic acids is 1. The quantitative estimate of drug-likeness (QED) is 0.562. The minimum absolute atomic E-state index is 0.00174. The van der Waals surface area contributed by atoms with Crippen LogP contribution in [-0.4, -0.2) is 33.4 Å². The van der Waals surface area contributed by atoms with Crippen LogP contribution in [0.5, 0.6) is 0 Å². The van der Waals surface area contributed by atoms with Crippen molar-refractivity contribution in [3.05, 3.63) is 48.0 Å². The van der Waals surface area contributed by atoms with Crippen molar-refractivity contribution < 1.29 is 14.1 Å². The first-order chi connectivity index (χ1) is 11.6. The van der Waals surface area contributed by atoms with E-state index in [-0.39, 0.29) is 10.9 Å². The van der Waals surface area contributed by atoms with Gasteiger partial charge in [-0.25, -0.2) is 5.06 Å². The number of amides is 1. The highest BCUT2D eigenvalue weighted by Gasteiger charge is 2.42. The first kappa shape index (κ1) is 19.6. The van der Waals surface area contributed by atoms with Crippen LogP contribution >= 0.6 is 0 Å². The molecule has 136 valence electrons. The highest BCUT2D eigenvalue weighted by molar-refractivity contribution is 6.74. The van der Waals surface area contributed by atoms with Gasteiger partial charge >= 0.3 is 0 Å². The Bertz CT molecular complexity index is 747. The van der Waals surface area contributed by atoms with E-state index < -0.39 is 14.4 Å². The van der Waals surface area contributed by atoms with Crippen LogP contribution in [0.1, 0.15) is 32.4 Å². The van der Waals surface area contributed by atoms with Crippen molar-refractivity contribution in [2.24, 2.45) is 0 Å². The van der Waals surface area contributed by atoms with E-state index in [0.717, 1.165) is 16.3 Å². The molecule has 0 spiro atoms. The summed E-state index contributed by atoms with van der Waals surface area (Å²) < 4.78 is 6.55. The summed E-state index contributed by atoms with van der Waals surface area (Å²) in [5, 5.41) is 3.38. The Morgan fingerprint density at radius 1 is 1.08 bits per heavy atom. The summed E-state index contributed by atoms with van der Waals surface area (Å²) in [6, 6.07) is 14.1. The predicted octanol–water partition coefficient (Wildman–Crippen LogP) is 4.92. The topological polar surface area (TPSA) is 38.8 Å². The second kappa shape index (κ2) is 7.28. The van der Waals surface area contributed by atoms with Gasteiger partial charge in [-0.2, -0.15) is 0 Å². The Kier molecular flexibility index (Phi) is 5.71. The summed E-state index contributed by atoms with van der Waals surface area (Å²) in [5.41, 5.74) is 0.886. The van der Waals surface area contributed by atoms with Gasteiger partial charge in [-0.3, -0.25) is 9.63 Å². The van der Waals surface area contributed by atoms with E-state index in [0.29, 0.717) is 0 Å². The van der Waals surface area contributed by atoms with Gasteiger partial charge in [0.1, 0.15) is 0 Å². The van der Waals surface area contributed by atoms with E-state index >= 15 is 0 Å². The maximum Gasteiger partial charge on any atom is 0.278 e. The molecular formula is C20H29NO3Si. The van der Waals surface area contributed by atoms with Crippen molar-refractivity contribution in [2.75, 3.05) is 14.2 Å². The molecule has 0 aromatic heterocycles. The van der Waals surface area contributed by atoms with Crippen molar-refractivity contribution in [2.45, 2.75) is 45.0 Å². The lowest BCUT2D eigenvalue weighted by Gasteiger charge is -2.39. The Balaban J connectivity index is 2.57. The minimum atomic E-state index is -2.16. The van der Waals surface area contributed by atoms with Crippen molar-refractivity contribution >= 4 is 25.0 Å². The molecule has 0 radical (unpaired) electrons. The summed E-state index contributed by atoms with van der Waals surface area (Å²) in [5.74, 6) is -0.191. The maximum atomic E-state index is 13.0. The fraction of sp³-hybridized carbons (Fsp3) is 0.450. The molecular weight excluding hydrogens is 330 g/mol. The SMILES string of the molecule is CON(C)C(=O)C(O[Si](C)(C)C(C)(C)C)c1cccc2ccccc12. The predicted molar refractivity (Wildman–Crippen MR) is 105 cm³/mol. The van der Waals surface area contributed by atoms with Crippen LogP contribution in [0.15, 0.2) is 42.5 Å². The Morgan fingerprint density at radius 2 is 1.68 bits per heavy atom. The number of benzene rings is 2. The standard InChI is InChI=1S/C20H29NO3Si/c1-20(2,3)25(6,7)24-18(19(22)21(4)23-5)17-14-10-12-15-11-8-9-13-16(15)17/h8-14,18H,1-7H3. The molecule has 0 saturated heterocycles. The van der Waals surface area contributed by atoms with Gasteiger partial charge < -0.3 is 4.43 Å². The van der Waals surface area contributed by atoms with Crippen molar-refractivity contribution in [1.82, 2.24) is 5.06 Å². The summed E-state index contributed by atoms with van der Waals surface area (Å²) in [7, 11) is 0.948. The molecule has 0 fully saturated rings. The summed E-state index contributed by atoms with van der Waals surface area (Å²) in [4.78, 5) is 18.2. The summed E-state index contributed by atoms with van der Waals surface area (Å²) in [6.07, 6.45) is -0.683. The van der Waals surface area contributed by atoms with E-state index in [2.05, 4.69) is 33.9 Å². The molecule has 0 aliphatic carbocycles. The molecule has 0 aliphatic rings. The normalized spacial score (nSPS) is 13.7. The third-order valence-corrected chi connectivity index (χ3v) is 9.57. The number of fused-ring (bicyclic) bond motifs is 1. The van der Waals surface area contributed by atoms with E-state index in [1.54, 1.807) is 7.05 Å². The number of carbonyl (C=O) groups is 1. The van der Waals surface area contributed by atoms with Crippen LogP contribution in [-0.2, 0) is 14.1 Å². The molecule has 2 aromatic carbocycles. The first-order valence-electron chi connectivity index (χ1n) is 8.55. The fourth-order valence-corrected chi connectivity index (χ4v) is 3.62. The van der Waals surface area contributed by atoms with E-state index in [9.17, 15) is 4.79 Å². The second-order valence-electron chi connectivity index (χ2n) is 7.84. The van der Waals surface area contributed by atoms with Crippen LogP contribution in [0.25, 0.3) is 10.8 Å². The Morgan fingerprint density at radius 3 is 2.28 bits per heavy atom. The lowest BCUT2D eigenvalue weighted by atomic mass is 10.00. The minimum Gasteiger partial charge on any atom is -0.401 e. The molecule has 4 nitrogen and oxygen atoms in total. The third-order valence-electron chi connectivity index (χ3n) is 5.13. The second-order valence-corrected chi connectivity index (χ2v) is 12.6. The molecule has 2 rings (SSSR count). The van der Waals surface area contributed by atoms with Crippen LogP contribution < -0.4 is 0 Å². The molecule has 1 atom stereocenters. The molecule has 0 aliphatic heterocycles. The lowest BCUT2D eigenvalue weighted by Crippen LogP contribution is -2.45. The zero-order valence-electron chi connectivity index (χ0n) is 16.3. The number of nitrogens with zero attached hydrogens (tertiary/aromatic N) is 1. The van der Waals surface area contributed by atoms with Crippen molar-refractivity contribution in [3.8, 4) is 0 Å². The zero-order valence-corrected chi connectivity index (χ0v) is 17.3. The lowest BCUT2D eigenvalue weighted by molar-refractivity contribution is -0.177. The molecule has 2 aromatic rings. The highest BCUT2D eigenvalue weighted by atomic mass is 28.4. The molecule has 5 heteroatoms. The average molecular weight is 360 g/mol. The number of rotatable bonds is 5. The van der Waals surface area contributed by atoms with E-state index in [1.807, 2.05) is 42.5 Å². The molecule has 1 amide bonds. The van der Waals surface area contributed by atoms with E-state index in [4.69, 9.17) is 9.26 Å². The van der Waals surface area contributed by atoms with Crippen LogP contribution in [0.2, 0.25) is 18.1 Å². The molecule has 1 unspecified atom stereocenters. The van der Waals surface area contributed by atoms with Gasteiger partial charge in [-0.05, 0) is 34.5 Å². The zero-order chi connectivity index (χ0) is 18.8. The van der Waals surface area contributed by atoms with Crippen LogP contribution in [0.4, 0.5) is 0 Å². The third kappa shape index (κ3) is 4.11. The van der Waals surface area contributed by atoms with Gasteiger partial charge in [-0.15, -0.1) is 0 Å². The van der Waals surface area contributed by atoms with E-state index in [1.165, 1.54) is 12.2 Å². The van der Waals surface area contributed by atoms with Gasteiger partial charge in [0.25, 0.3) is 5.91 Å². The largest absolute Gasteiger partial charge is 0.401 e.